The van der Waals surface area contributed by atoms with Gasteiger partial charge in [-0.15, -0.1) is 22.7 Å². The van der Waals surface area contributed by atoms with E-state index in [9.17, 15) is 0 Å². The fourth-order valence-electron chi connectivity index (χ4n) is 1.60. The quantitative estimate of drug-likeness (QED) is 0.556. The average Bonchev–Trinajstić information content (AvgIpc) is 2.79. The molecule has 1 aromatic carbocycles. The molecular weight excluding hydrogens is 208 g/mol. The number of thiophene rings is 2. The Bertz CT molecular complexity index is 546. The van der Waals surface area contributed by atoms with E-state index < -0.39 is 0 Å². The maximum Gasteiger partial charge on any atom is 0.0871 e. The van der Waals surface area contributed by atoms with Crippen LogP contribution in [-0.4, -0.2) is 0 Å². The van der Waals surface area contributed by atoms with Gasteiger partial charge in [-0.05, 0) is 17.0 Å². The van der Waals surface area contributed by atoms with Gasteiger partial charge in [-0.2, -0.15) is 0 Å². The van der Waals surface area contributed by atoms with Gasteiger partial charge in [-0.3, -0.25) is 0 Å². The number of hydrogen-bond donors (Lipinski definition) is 0. The molecule has 0 saturated heterocycles. The van der Waals surface area contributed by atoms with Crippen LogP contribution < -0.4 is 0 Å². The van der Waals surface area contributed by atoms with Crippen molar-refractivity contribution in [3.8, 4) is 11.1 Å². The van der Waals surface area contributed by atoms with Gasteiger partial charge in [0.2, 0.25) is 0 Å². The normalized spacial score (nSPS) is 10.9. The molecule has 2 heteroatoms. The van der Waals surface area contributed by atoms with Crippen LogP contribution in [0.2, 0.25) is 0 Å². The van der Waals surface area contributed by atoms with Crippen molar-refractivity contribution in [1.82, 2.24) is 0 Å². The largest absolute Gasteiger partial charge is 0.133 e. The predicted molar refractivity (Wildman–Crippen MR) is 65.1 cm³/mol. The molecule has 0 fully saturated rings. The molecule has 3 aromatic rings. The fourth-order valence-corrected chi connectivity index (χ4v) is 3.56. The lowest BCUT2D eigenvalue weighted by molar-refractivity contribution is 1.69. The molecule has 0 aliphatic carbocycles. The molecule has 0 aliphatic rings. The van der Waals surface area contributed by atoms with Crippen LogP contribution in [0.3, 0.4) is 0 Å². The van der Waals surface area contributed by atoms with Crippen molar-refractivity contribution in [2.75, 3.05) is 0 Å². The molecule has 3 rings (SSSR count). The van der Waals surface area contributed by atoms with Gasteiger partial charge in [0.15, 0.2) is 0 Å². The minimum absolute atomic E-state index is 1.32. The summed E-state index contributed by atoms with van der Waals surface area (Å²) in [6.45, 7) is 0. The van der Waals surface area contributed by atoms with Crippen LogP contribution in [0.1, 0.15) is 0 Å². The Kier molecular flexibility index (Phi) is 1.89. The van der Waals surface area contributed by atoms with Gasteiger partial charge >= 0.3 is 0 Å². The van der Waals surface area contributed by atoms with Gasteiger partial charge < -0.3 is 0 Å². The Labute approximate surface area is 90.5 Å². The van der Waals surface area contributed by atoms with Crippen molar-refractivity contribution in [3.05, 3.63) is 47.2 Å². The van der Waals surface area contributed by atoms with Crippen molar-refractivity contribution >= 4 is 32.1 Å². The molecule has 0 nitrogen and oxygen atoms in total. The van der Waals surface area contributed by atoms with E-state index in [0.717, 1.165) is 0 Å². The third-order valence-corrected chi connectivity index (χ3v) is 4.36. The molecule has 68 valence electrons. The molecule has 0 atom stereocenters. The van der Waals surface area contributed by atoms with Gasteiger partial charge in [0.05, 0.1) is 4.01 Å². The minimum atomic E-state index is 1.32. The summed E-state index contributed by atoms with van der Waals surface area (Å²) in [6, 6.07) is 12.8. The predicted octanol–water partition coefficient (Wildman–Crippen LogP) is 4.63. The van der Waals surface area contributed by atoms with E-state index in [4.69, 9.17) is 0 Å². The van der Waals surface area contributed by atoms with Gasteiger partial charge in [-0.25, -0.2) is 0 Å². The maximum absolute atomic E-state index is 2.25. The summed E-state index contributed by atoms with van der Waals surface area (Å²) in [6.07, 6.45) is 0. The van der Waals surface area contributed by atoms with Crippen LogP contribution in [0.5, 0.6) is 0 Å². The lowest BCUT2D eigenvalue weighted by Crippen LogP contribution is -1.71. The van der Waals surface area contributed by atoms with E-state index in [0.29, 0.717) is 0 Å². The van der Waals surface area contributed by atoms with Crippen LogP contribution in [0.15, 0.2) is 47.2 Å². The van der Waals surface area contributed by atoms with Crippen LogP contribution in [0.25, 0.3) is 20.5 Å². The lowest BCUT2D eigenvalue weighted by atomic mass is 10.1. The summed E-state index contributed by atoms with van der Waals surface area (Å²) < 4.78 is 1.42. The highest BCUT2D eigenvalue weighted by atomic mass is 32.2. The van der Waals surface area contributed by atoms with E-state index in [1.165, 1.54) is 20.5 Å². The Morgan fingerprint density at radius 3 is 2.57 bits per heavy atom. The van der Waals surface area contributed by atoms with Crippen molar-refractivity contribution in [2.24, 2.45) is 0 Å². The summed E-state index contributed by atoms with van der Waals surface area (Å²) in [7, 11) is 0. The van der Waals surface area contributed by atoms with Gasteiger partial charge in [0, 0.05) is 16.3 Å². The lowest BCUT2D eigenvalue weighted by Gasteiger charge is -1.96. The molecule has 0 saturated carbocycles. The van der Waals surface area contributed by atoms with E-state index in [1.54, 1.807) is 0 Å². The molecule has 0 aliphatic heterocycles. The van der Waals surface area contributed by atoms with E-state index in [1.807, 2.05) is 22.7 Å². The van der Waals surface area contributed by atoms with Gasteiger partial charge in [0.1, 0.15) is 0 Å². The molecule has 0 bridgehead atoms. The Morgan fingerprint density at radius 1 is 0.857 bits per heavy atom. The smallest absolute Gasteiger partial charge is 0.0871 e. The van der Waals surface area contributed by atoms with Crippen molar-refractivity contribution < 1.29 is 0 Å². The second kappa shape index (κ2) is 3.23. The Morgan fingerprint density at radius 2 is 1.71 bits per heavy atom. The number of fused-ring (bicyclic) bond motifs is 1. The summed E-state index contributed by atoms with van der Waals surface area (Å²) in [5.41, 5.74) is 2.68. The number of hydrogen-bond acceptors (Lipinski definition) is 2. The summed E-state index contributed by atoms with van der Waals surface area (Å²) in [5.74, 6) is 0. The highest BCUT2D eigenvalue weighted by molar-refractivity contribution is 7.37. The summed E-state index contributed by atoms with van der Waals surface area (Å²) in [4.78, 5) is 0. The summed E-state index contributed by atoms with van der Waals surface area (Å²) in [5, 5.41) is 5.80. The highest BCUT2D eigenvalue weighted by Gasteiger charge is 2.05. The Balaban J connectivity index is 2.28. The zero-order valence-electron chi connectivity index (χ0n) is 7.44. The highest BCUT2D eigenvalue weighted by Crippen LogP contribution is 2.36. The molecular formula is C12H8S2. The average molecular weight is 216 g/mol. The molecule has 0 N–H and O–H groups in total. The van der Waals surface area contributed by atoms with Crippen LogP contribution in [0, 0.1) is 0 Å². The minimum Gasteiger partial charge on any atom is -0.133 e. The molecule has 2 aromatic heterocycles. The first-order valence-electron chi connectivity index (χ1n) is 4.45. The summed E-state index contributed by atoms with van der Waals surface area (Å²) >= 11 is 3.66. The zero-order chi connectivity index (χ0) is 9.38. The van der Waals surface area contributed by atoms with E-state index in [-0.39, 0.29) is 0 Å². The van der Waals surface area contributed by atoms with Crippen LogP contribution >= 0.6 is 22.7 Å². The van der Waals surface area contributed by atoms with Crippen molar-refractivity contribution in [3.63, 3.8) is 0 Å². The Hall–Kier alpha value is -1.12. The fraction of sp³-hybridized carbons (Fsp3) is 0. The third kappa shape index (κ3) is 1.19. The zero-order valence-corrected chi connectivity index (χ0v) is 9.07. The van der Waals surface area contributed by atoms with Crippen molar-refractivity contribution in [2.45, 2.75) is 0 Å². The maximum atomic E-state index is 2.25. The van der Waals surface area contributed by atoms with Crippen LogP contribution in [-0.2, 0) is 0 Å². The second-order valence-electron chi connectivity index (χ2n) is 3.14. The molecule has 2 heterocycles. The van der Waals surface area contributed by atoms with Gasteiger partial charge in [0.25, 0.3) is 0 Å². The number of rotatable bonds is 1. The molecule has 0 unspecified atom stereocenters. The molecule has 0 spiro atoms. The van der Waals surface area contributed by atoms with Crippen molar-refractivity contribution in [1.29, 1.82) is 0 Å². The van der Waals surface area contributed by atoms with E-state index in [2.05, 4.69) is 47.2 Å². The SMILES string of the molecule is c1ccc(-c2csc3sccc23)cc1. The second-order valence-corrected chi connectivity index (χ2v) is 5.19. The standard InChI is InChI=1S/C12H8S2/c1-2-4-9(5-3-1)11-8-14-12-10(11)6-7-13-12/h1-8H. The third-order valence-electron chi connectivity index (χ3n) is 2.29. The first-order chi connectivity index (χ1) is 6.95. The van der Waals surface area contributed by atoms with Gasteiger partial charge in [-0.1, -0.05) is 30.3 Å². The monoisotopic (exact) mass is 216 g/mol. The topological polar surface area (TPSA) is 0 Å². The first kappa shape index (κ1) is 8.21. The number of benzene rings is 1. The van der Waals surface area contributed by atoms with E-state index >= 15 is 0 Å². The van der Waals surface area contributed by atoms with Crippen LogP contribution in [0.4, 0.5) is 0 Å². The first-order valence-corrected chi connectivity index (χ1v) is 6.21. The molecule has 0 amide bonds. The molecule has 0 radical (unpaired) electrons. The molecule has 14 heavy (non-hydrogen) atoms.